The molecule has 4 nitrogen and oxygen atoms in total. The molecule has 172 valence electrons. The molecule has 4 N–H and O–H groups in total. The summed E-state index contributed by atoms with van der Waals surface area (Å²) in [5, 5.41) is 14.2. The fourth-order valence-corrected chi connectivity index (χ4v) is 4.95. The minimum atomic E-state index is -0.532. The van der Waals surface area contributed by atoms with Crippen LogP contribution in [0.3, 0.4) is 0 Å². The molecule has 2 heterocycles. The molecule has 0 spiro atoms. The topological polar surface area (TPSA) is 61.5 Å². The maximum Gasteiger partial charge on any atom is 0.133 e. The van der Waals surface area contributed by atoms with Gasteiger partial charge in [-0.2, -0.15) is 0 Å². The normalized spacial score (nSPS) is 28.2. The molecule has 2 fully saturated rings. The van der Waals surface area contributed by atoms with Gasteiger partial charge < -0.3 is 16.2 Å². The van der Waals surface area contributed by atoms with E-state index in [4.69, 9.17) is 5.73 Å². The highest BCUT2D eigenvalue weighted by molar-refractivity contribution is 5.81. The summed E-state index contributed by atoms with van der Waals surface area (Å²) in [6, 6.07) is 4.22. The summed E-state index contributed by atoms with van der Waals surface area (Å²) in [5.74, 6) is -0.479. The number of hydrogen-bond donors (Lipinski definition) is 3. The van der Waals surface area contributed by atoms with E-state index in [1.165, 1.54) is 18.2 Å². The van der Waals surface area contributed by atoms with Gasteiger partial charge in [-0.1, -0.05) is 32.9 Å². The van der Waals surface area contributed by atoms with Crippen molar-refractivity contribution in [2.75, 3.05) is 19.6 Å². The van der Waals surface area contributed by atoms with Crippen molar-refractivity contribution in [2.45, 2.75) is 58.7 Å². The molecule has 0 radical (unpaired) electrons. The number of aliphatic hydroxyl groups excluding tert-OH is 1. The number of benzene rings is 1. The van der Waals surface area contributed by atoms with Crippen LogP contribution in [-0.2, 0) is 0 Å². The first-order valence-electron chi connectivity index (χ1n) is 11.7. The Labute approximate surface area is 185 Å². The van der Waals surface area contributed by atoms with Crippen LogP contribution in [0.15, 0.2) is 36.0 Å². The van der Waals surface area contributed by atoms with E-state index >= 15 is 0 Å². The van der Waals surface area contributed by atoms with Crippen molar-refractivity contribution in [1.82, 2.24) is 10.2 Å². The molecular formula is C25H37F2N3O. The van der Waals surface area contributed by atoms with E-state index in [-0.39, 0.29) is 23.4 Å². The number of rotatable bonds is 5. The largest absolute Gasteiger partial charge is 0.387 e. The first-order valence-corrected chi connectivity index (χ1v) is 11.7. The molecule has 0 amide bonds. The van der Waals surface area contributed by atoms with Gasteiger partial charge in [-0.15, -0.1) is 0 Å². The van der Waals surface area contributed by atoms with Crippen molar-refractivity contribution >= 4 is 5.57 Å². The third-order valence-electron chi connectivity index (χ3n) is 6.79. The number of hydrogen-bond acceptors (Lipinski definition) is 4. The Hall–Kier alpha value is -1.76. The lowest BCUT2D eigenvalue weighted by molar-refractivity contribution is -0.0405. The second-order valence-corrected chi connectivity index (χ2v) is 8.73. The van der Waals surface area contributed by atoms with Crippen LogP contribution in [0.2, 0.25) is 0 Å². The summed E-state index contributed by atoms with van der Waals surface area (Å²) >= 11 is 0. The number of likely N-dealkylation sites (tertiary alicyclic amines) is 1. The predicted molar refractivity (Wildman–Crippen MR) is 122 cm³/mol. The van der Waals surface area contributed by atoms with Gasteiger partial charge >= 0.3 is 0 Å². The number of dihydropyridines is 1. The highest BCUT2D eigenvalue weighted by atomic mass is 19.1. The fraction of sp³-hybridized carbons (Fsp3) is 0.600. The standard InChI is InChI=1S/C23H31F2N3O.C2H6/c1-14(23(29)28-10-3-4-15(26)8-11-28)17-12-18(17)19-13-27-9-7-16(19)22-20(24)5-2-6-21(22)25;1-2/h2,5-7,13-15,17-18,23,27,29H,3-4,8-12,26H2,1H3;1-2H3. The van der Waals surface area contributed by atoms with Crippen LogP contribution in [0.5, 0.6) is 0 Å². The van der Waals surface area contributed by atoms with Crippen molar-refractivity contribution in [1.29, 1.82) is 0 Å². The number of nitrogens with zero attached hydrogens (tertiary/aromatic N) is 1. The summed E-state index contributed by atoms with van der Waals surface area (Å²) in [7, 11) is 0. The molecule has 1 aliphatic carbocycles. The van der Waals surface area contributed by atoms with Gasteiger partial charge in [0.1, 0.15) is 17.9 Å². The third-order valence-corrected chi connectivity index (χ3v) is 6.79. The lowest BCUT2D eigenvalue weighted by atomic mass is 9.89. The number of halogens is 2. The Kier molecular flexibility index (Phi) is 8.25. The molecule has 1 saturated heterocycles. The van der Waals surface area contributed by atoms with Crippen molar-refractivity contribution < 1.29 is 13.9 Å². The maximum absolute atomic E-state index is 14.4. The number of allylic oxidation sites excluding steroid dienone is 2. The van der Waals surface area contributed by atoms with Gasteiger partial charge in [0.05, 0.1) is 5.56 Å². The van der Waals surface area contributed by atoms with Gasteiger partial charge in [0.2, 0.25) is 0 Å². The predicted octanol–water partition coefficient (Wildman–Crippen LogP) is 4.27. The molecule has 1 saturated carbocycles. The van der Waals surface area contributed by atoms with Crippen LogP contribution in [0.25, 0.3) is 5.57 Å². The Bertz CT molecular complexity index is 790. The minimum absolute atomic E-state index is 0.0561. The second kappa shape index (κ2) is 10.7. The lowest BCUT2D eigenvalue weighted by Crippen LogP contribution is -2.41. The van der Waals surface area contributed by atoms with Crippen LogP contribution in [-0.4, -0.2) is 41.9 Å². The number of nitrogens with one attached hydrogen (secondary N) is 1. The molecule has 0 aromatic heterocycles. The molecule has 1 aromatic rings. The molecule has 0 bridgehead atoms. The summed E-state index contributed by atoms with van der Waals surface area (Å²) in [6.07, 6.45) is 7.10. The Morgan fingerprint density at radius 2 is 1.87 bits per heavy atom. The van der Waals surface area contributed by atoms with E-state index in [1.54, 1.807) is 0 Å². The van der Waals surface area contributed by atoms with Crippen LogP contribution in [0.1, 0.15) is 52.0 Å². The van der Waals surface area contributed by atoms with Crippen LogP contribution in [0.4, 0.5) is 8.78 Å². The molecule has 1 aromatic carbocycles. The number of nitrogens with two attached hydrogens (primary N) is 1. The Morgan fingerprint density at radius 1 is 1.16 bits per heavy atom. The highest BCUT2D eigenvalue weighted by Gasteiger charge is 2.47. The maximum atomic E-state index is 14.4. The molecule has 5 atom stereocenters. The summed E-state index contributed by atoms with van der Waals surface area (Å²) in [4.78, 5) is 2.15. The van der Waals surface area contributed by atoms with E-state index < -0.39 is 17.9 Å². The van der Waals surface area contributed by atoms with Crippen LogP contribution >= 0.6 is 0 Å². The van der Waals surface area contributed by atoms with Gasteiger partial charge in [0.25, 0.3) is 0 Å². The average Bonchev–Trinajstić information content (AvgIpc) is 3.59. The zero-order chi connectivity index (χ0) is 22.5. The first kappa shape index (κ1) is 23.9. The third kappa shape index (κ3) is 5.36. The van der Waals surface area contributed by atoms with Gasteiger partial charge in [-0.05, 0) is 66.7 Å². The molecule has 6 heteroatoms. The van der Waals surface area contributed by atoms with E-state index in [9.17, 15) is 13.9 Å². The van der Waals surface area contributed by atoms with E-state index in [0.717, 1.165) is 44.3 Å². The smallest absolute Gasteiger partial charge is 0.133 e. The van der Waals surface area contributed by atoms with Crippen molar-refractivity contribution in [2.24, 2.45) is 23.5 Å². The average molecular weight is 434 g/mol. The van der Waals surface area contributed by atoms with E-state index in [2.05, 4.69) is 17.1 Å². The fourth-order valence-electron chi connectivity index (χ4n) is 4.95. The van der Waals surface area contributed by atoms with E-state index in [1.807, 2.05) is 26.1 Å². The van der Waals surface area contributed by atoms with Crippen LogP contribution < -0.4 is 11.1 Å². The van der Waals surface area contributed by atoms with Crippen molar-refractivity contribution in [3.63, 3.8) is 0 Å². The van der Waals surface area contributed by atoms with Crippen molar-refractivity contribution in [3.8, 4) is 0 Å². The summed E-state index contributed by atoms with van der Waals surface area (Å²) in [6.45, 7) is 8.33. The zero-order valence-corrected chi connectivity index (χ0v) is 19.0. The van der Waals surface area contributed by atoms with Gasteiger partial charge in [0, 0.05) is 31.9 Å². The zero-order valence-electron chi connectivity index (χ0n) is 19.0. The minimum Gasteiger partial charge on any atom is -0.387 e. The number of aliphatic hydroxyl groups is 1. The van der Waals surface area contributed by atoms with Gasteiger partial charge in [0.15, 0.2) is 0 Å². The molecule has 2 aliphatic heterocycles. The van der Waals surface area contributed by atoms with Crippen LogP contribution in [0, 0.1) is 29.4 Å². The SMILES string of the molecule is CC.CC(C1CC1C1=CNCC=C1c1c(F)cccc1F)C(O)N1CCCC(N)CC1. The molecule has 4 rings (SSSR count). The highest BCUT2D eigenvalue weighted by Crippen LogP contribution is 2.54. The van der Waals surface area contributed by atoms with Gasteiger partial charge in [-0.25, -0.2) is 8.78 Å². The van der Waals surface area contributed by atoms with E-state index in [0.29, 0.717) is 18.0 Å². The summed E-state index contributed by atoms with van der Waals surface area (Å²) in [5.41, 5.74) is 7.72. The molecule has 31 heavy (non-hydrogen) atoms. The molecular weight excluding hydrogens is 396 g/mol. The Balaban J connectivity index is 0.00000132. The second-order valence-electron chi connectivity index (χ2n) is 8.73. The Morgan fingerprint density at radius 3 is 2.58 bits per heavy atom. The first-order chi connectivity index (χ1) is 15.0. The van der Waals surface area contributed by atoms with Gasteiger partial charge in [-0.3, -0.25) is 4.90 Å². The lowest BCUT2D eigenvalue weighted by Gasteiger charge is -2.31. The van der Waals surface area contributed by atoms with Crippen molar-refractivity contribution in [3.05, 3.63) is 53.2 Å². The monoisotopic (exact) mass is 433 g/mol. The molecule has 3 aliphatic rings. The quantitative estimate of drug-likeness (QED) is 0.649. The molecule has 5 unspecified atom stereocenters. The summed E-state index contributed by atoms with van der Waals surface area (Å²) < 4.78 is 28.8.